The molecule has 2 amide bonds. The van der Waals surface area contributed by atoms with E-state index in [1.165, 1.54) is 0 Å². The molecule has 0 radical (unpaired) electrons. The molecule has 2 fully saturated rings. The van der Waals surface area contributed by atoms with Gasteiger partial charge < -0.3 is 19.5 Å². The summed E-state index contributed by atoms with van der Waals surface area (Å²) in [7, 11) is 1.71. The Labute approximate surface area is 150 Å². The van der Waals surface area contributed by atoms with Gasteiger partial charge in [-0.05, 0) is 25.0 Å². The van der Waals surface area contributed by atoms with Crippen LogP contribution in [0.3, 0.4) is 0 Å². The van der Waals surface area contributed by atoms with Gasteiger partial charge in [0.05, 0.1) is 24.1 Å². The molecule has 0 aliphatic carbocycles. The third kappa shape index (κ3) is 2.85. The number of carbonyl (C=O) groups is 2. The molecule has 138 valence electrons. The molecule has 4 rings (SSSR count). The number of ether oxygens (including phenoxy) is 1. The summed E-state index contributed by atoms with van der Waals surface area (Å²) in [6, 6.07) is 7.43. The summed E-state index contributed by atoms with van der Waals surface area (Å²) in [6.07, 6.45) is 1.49. The van der Waals surface area contributed by atoms with Gasteiger partial charge in [-0.2, -0.15) is 0 Å². The molecule has 2 saturated heterocycles. The summed E-state index contributed by atoms with van der Waals surface area (Å²) in [5.41, 5.74) is 0.771. The molecule has 8 nitrogen and oxygen atoms in total. The number of aromatic nitrogens is 2. The number of carbonyl (C=O) groups excluding carboxylic acids is 2. The number of nitrogens with one attached hydrogen (secondary N) is 1. The number of likely N-dealkylation sites (N-methyl/N-ethyl adjacent to an activating group) is 1. The summed E-state index contributed by atoms with van der Waals surface area (Å²) in [5, 5.41) is 0. The van der Waals surface area contributed by atoms with Crippen LogP contribution in [0.15, 0.2) is 29.1 Å². The molecule has 1 N–H and O–H groups in total. The van der Waals surface area contributed by atoms with Crippen molar-refractivity contribution in [1.82, 2.24) is 19.4 Å². The lowest BCUT2D eigenvalue weighted by molar-refractivity contribution is -0.137. The lowest BCUT2D eigenvalue weighted by atomic mass is 9.92. The van der Waals surface area contributed by atoms with Gasteiger partial charge in [0.15, 0.2) is 0 Å². The number of fused-ring (bicyclic) bond motifs is 1. The van der Waals surface area contributed by atoms with E-state index >= 15 is 0 Å². The molecule has 26 heavy (non-hydrogen) atoms. The summed E-state index contributed by atoms with van der Waals surface area (Å²) in [5.74, 6) is -0.0214. The lowest BCUT2D eigenvalue weighted by Crippen LogP contribution is -2.52. The minimum atomic E-state index is -0.586. The Kier molecular flexibility index (Phi) is 3.97. The highest BCUT2D eigenvalue weighted by Gasteiger charge is 2.47. The summed E-state index contributed by atoms with van der Waals surface area (Å²) < 4.78 is 7.14. The second-order valence-corrected chi connectivity index (χ2v) is 7.17. The Hall–Kier alpha value is -2.77. The first kappa shape index (κ1) is 16.7. The van der Waals surface area contributed by atoms with Crippen molar-refractivity contribution in [2.75, 3.05) is 26.7 Å². The van der Waals surface area contributed by atoms with Gasteiger partial charge in [0, 0.05) is 26.6 Å². The molecule has 2 aromatic rings. The first-order valence-corrected chi connectivity index (χ1v) is 8.87. The standard InChI is InChI=1S/C18H22N4O4/c1-20-11-18(26-17(20)25)8-4-9-21(12-18)15(23)7-10-22-14-6-3-2-5-13(14)19-16(22)24/h2-3,5-6H,4,7-12H2,1H3,(H,19,24)/t18-/m0/s1. The van der Waals surface area contributed by atoms with Gasteiger partial charge in [-0.1, -0.05) is 12.1 Å². The number of rotatable bonds is 3. The van der Waals surface area contributed by atoms with Crippen LogP contribution in [0, 0.1) is 0 Å². The number of likely N-dealkylation sites (tertiary alicyclic amines) is 1. The predicted octanol–water partition coefficient (Wildman–Crippen LogP) is 1.16. The number of hydrogen-bond donors (Lipinski definition) is 1. The molecule has 0 saturated carbocycles. The Morgan fingerprint density at radius 2 is 2.08 bits per heavy atom. The van der Waals surface area contributed by atoms with Crippen molar-refractivity contribution in [1.29, 1.82) is 0 Å². The first-order valence-electron chi connectivity index (χ1n) is 8.87. The highest BCUT2D eigenvalue weighted by molar-refractivity contribution is 5.78. The zero-order chi connectivity index (χ0) is 18.3. The number of aromatic amines is 1. The lowest BCUT2D eigenvalue weighted by Gasteiger charge is -2.38. The number of nitrogens with zero attached hydrogens (tertiary/aromatic N) is 3. The highest BCUT2D eigenvalue weighted by Crippen LogP contribution is 2.31. The molecule has 1 aromatic carbocycles. The van der Waals surface area contributed by atoms with Gasteiger partial charge in [-0.15, -0.1) is 0 Å². The Balaban J connectivity index is 1.44. The van der Waals surface area contributed by atoms with Crippen LogP contribution >= 0.6 is 0 Å². The smallest absolute Gasteiger partial charge is 0.410 e. The van der Waals surface area contributed by atoms with E-state index in [1.807, 2.05) is 24.3 Å². The fourth-order valence-electron chi connectivity index (χ4n) is 4.01. The number of imidazole rings is 1. The molecule has 3 heterocycles. The van der Waals surface area contributed by atoms with Gasteiger partial charge in [0.1, 0.15) is 5.60 Å². The number of hydrogen-bond acceptors (Lipinski definition) is 4. The Morgan fingerprint density at radius 1 is 1.27 bits per heavy atom. The number of amides is 2. The topological polar surface area (TPSA) is 87.6 Å². The van der Waals surface area contributed by atoms with Crippen molar-refractivity contribution >= 4 is 23.0 Å². The van der Waals surface area contributed by atoms with E-state index in [0.29, 0.717) is 26.2 Å². The van der Waals surface area contributed by atoms with E-state index in [0.717, 1.165) is 23.9 Å². The monoisotopic (exact) mass is 358 g/mol. The van der Waals surface area contributed by atoms with E-state index in [9.17, 15) is 14.4 Å². The minimum absolute atomic E-state index is 0.0214. The minimum Gasteiger partial charge on any atom is -0.439 e. The molecule has 0 bridgehead atoms. The molecule has 1 aromatic heterocycles. The number of para-hydroxylation sites is 2. The van der Waals surface area contributed by atoms with Crippen molar-refractivity contribution < 1.29 is 14.3 Å². The van der Waals surface area contributed by atoms with Crippen LogP contribution in [-0.4, -0.2) is 63.6 Å². The first-order chi connectivity index (χ1) is 12.5. The van der Waals surface area contributed by atoms with Gasteiger partial charge in [0.25, 0.3) is 0 Å². The number of benzene rings is 1. The molecular weight excluding hydrogens is 336 g/mol. The van der Waals surface area contributed by atoms with Crippen LogP contribution in [0.2, 0.25) is 0 Å². The molecule has 1 spiro atoms. The van der Waals surface area contributed by atoms with Crippen LogP contribution in [-0.2, 0) is 16.1 Å². The van der Waals surface area contributed by atoms with Crippen molar-refractivity contribution in [3.8, 4) is 0 Å². The van der Waals surface area contributed by atoms with Gasteiger partial charge >= 0.3 is 11.8 Å². The van der Waals surface area contributed by atoms with Crippen LogP contribution in [0.4, 0.5) is 4.79 Å². The zero-order valence-corrected chi connectivity index (χ0v) is 14.7. The predicted molar refractivity (Wildman–Crippen MR) is 94.8 cm³/mol. The van der Waals surface area contributed by atoms with E-state index < -0.39 is 5.60 Å². The molecule has 2 aliphatic heterocycles. The van der Waals surface area contributed by atoms with E-state index in [2.05, 4.69) is 4.98 Å². The van der Waals surface area contributed by atoms with E-state index in [4.69, 9.17) is 4.74 Å². The molecule has 0 unspecified atom stereocenters. The molecular formula is C18H22N4O4. The van der Waals surface area contributed by atoms with Crippen molar-refractivity contribution in [2.45, 2.75) is 31.4 Å². The number of piperidine rings is 1. The zero-order valence-electron chi connectivity index (χ0n) is 14.7. The average molecular weight is 358 g/mol. The van der Waals surface area contributed by atoms with Crippen LogP contribution in [0.1, 0.15) is 19.3 Å². The normalized spacial score (nSPS) is 23.0. The largest absolute Gasteiger partial charge is 0.439 e. The molecule has 1 atom stereocenters. The third-order valence-corrected chi connectivity index (χ3v) is 5.26. The quantitative estimate of drug-likeness (QED) is 0.892. The number of H-pyrrole nitrogens is 1. The maximum atomic E-state index is 12.7. The van der Waals surface area contributed by atoms with Crippen molar-refractivity contribution in [2.24, 2.45) is 0 Å². The summed E-state index contributed by atoms with van der Waals surface area (Å²) in [4.78, 5) is 42.7. The van der Waals surface area contributed by atoms with E-state index in [1.54, 1.807) is 21.4 Å². The number of aryl methyl sites for hydroxylation is 1. The van der Waals surface area contributed by atoms with Crippen molar-refractivity contribution in [3.63, 3.8) is 0 Å². The third-order valence-electron chi connectivity index (χ3n) is 5.26. The fraction of sp³-hybridized carbons (Fsp3) is 0.500. The second-order valence-electron chi connectivity index (χ2n) is 7.17. The SMILES string of the molecule is CN1C[C@]2(CCCN(C(=O)CCn3c(=O)[nH]c4ccccc43)C2)OC1=O. The fourth-order valence-corrected chi connectivity index (χ4v) is 4.01. The summed E-state index contributed by atoms with van der Waals surface area (Å²) >= 11 is 0. The average Bonchev–Trinajstić information content (AvgIpc) is 3.08. The maximum Gasteiger partial charge on any atom is 0.410 e. The van der Waals surface area contributed by atoms with E-state index in [-0.39, 0.29) is 24.1 Å². The molecule has 2 aliphatic rings. The highest BCUT2D eigenvalue weighted by atomic mass is 16.6. The van der Waals surface area contributed by atoms with Crippen molar-refractivity contribution in [3.05, 3.63) is 34.7 Å². The second kappa shape index (κ2) is 6.19. The summed E-state index contributed by atoms with van der Waals surface area (Å²) in [6.45, 7) is 1.91. The Bertz CT molecular complexity index is 917. The van der Waals surface area contributed by atoms with Crippen LogP contribution in [0.25, 0.3) is 11.0 Å². The van der Waals surface area contributed by atoms with Crippen LogP contribution < -0.4 is 5.69 Å². The Morgan fingerprint density at radius 3 is 2.85 bits per heavy atom. The maximum absolute atomic E-state index is 12.7. The molecule has 8 heteroatoms. The van der Waals surface area contributed by atoms with Gasteiger partial charge in [-0.25, -0.2) is 9.59 Å². The van der Waals surface area contributed by atoms with Gasteiger partial charge in [-0.3, -0.25) is 9.36 Å². The van der Waals surface area contributed by atoms with Crippen LogP contribution in [0.5, 0.6) is 0 Å². The van der Waals surface area contributed by atoms with Gasteiger partial charge in [0.2, 0.25) is 5.91 Å².